The molecule has 0 spiro atoms. The van der Waals surface area contributed by atoms with E-state index >= 15 is 0 Å². The molecular weight excluding hydrogens is 270 g/mol. The third kappa shape index (κ3) is 3.12. The lowest BCUT2D eigenvalue weighted by atomic mass is 10.1. The number of benzene rings is 1. The molecule has 2 aromatic rings. The molecule has 1 fully saturated rings. The van der Waals surface area contributed by atoms with Crippen molar-refractivity contribution >= 4 is 16.9 Å². The molecule has 1 atom stereocenters. The topological polar surface area (TPSA) is 85.7 Å². The van der Waals surface area contributed by atoms with Crippen LogP contribution in [0, 0.1) is 0 Å². The highest BCUT2D eigenvalue weighted by atomic mass is 16.4. The number of pyridine rings is 1. The third-order valence-corrected chi connectivity index (χ3v) is 3.69. The van der Waals surface area contributed by atoms with Crippen molar-refractivity contribution in [3.05, 3.63) is 36.0 Å². The third-order valence-electron chi connectivity index (χ3n) is 3.69. The number of aromatic nitrogens is 1. The van der Waals surface area contributed by atoms with E-state index in [2.05, 4.69) is 15.2 Å². The second kappa shape index (κ2) is 5.67. The van der Waals surface area contributed by atoms with E-state index in [0.29, 0.717) is 19.6 Å². The van der Waals surface area contributed by atoms with Gasteiger partial charge >= 0.3 is 5.97 Å². The lowest BCUT2D eigenvalue weighted by Crippen LogP contribution is -2.53. The number of rotatable bonds is 3. The van der Waals surface area contributed by atoms with Crippen LogP contribution in [0.15, 0.2) is 30.5 Å². The van der Waals surface area contributed by atoms with E-state index in [-0.39, 0.29) is 5.75 Å². The molecule has 3 rings (SSSR count). The molecule has 0 aliphatic carbocycles. The number of carbonyl (C=O) groups is 1. The van der Waals surface area contributed by atoms with Crippen molar-refractivity contribution in [1.82, 2.24) is 15.2 Å². The number of nitrogens with one attached hydrogen (secondary N) is 1. The number of carboxylic acid groups (broad SMARTS) is 1. The van der Waals surface area contributed by atoms with E-state index in [4.69, 9.17) is 5.11 Å². The highest BCUT2D eigenvalue weighted by Crippen LogP contribution is 2.19. The molecule has 6 nitrogen and oxygen atoms in total. The van der Waals surface area contributed by atoms with Crippen LogP contribution in [-0.2, 0) is 11.3 Å². The predicted molar refractivity (Wildman–Crippen MR) is 78.1 cm³/mol. The summed E-state index contributed by atoms with van der Waals surface area (Å²) >= 11 is 0. The summed E-state index contributed by atoms with van der Waals surface area (Å²) in [6, 6.07) is 6.62. The number of aliphatic carboxylic acids is 1. The van der Waals surface area contributed by atoms with Crippen molar-refractivity contribution in [1.29, 1.82) is 0 Å². The molecule has 21 heavy (non-hydrogen) atoms. The van der Waals surface area contributed by atoms with Crippen LogP contribution >= 0.6 is 0 Å². The van der Waals surface area contributed by atoms with Crippen LogP contribution in [0.4, 0.5) is 0 Å². The quantitative estimate of drug-likeness (QED) is 0.774. The minimum absolute atomic E-state index is 0.203. The Morgan fingerprint density at radius 2 is 2.29 bits per heavy atom. The summed E-state index contributed by atoms with van der Waals surface area (Å²) in [6.07, 6.45) is 1.78. The highest BCUT2D eigenvalue weighted by molar-refractivity contribution is 5.80. The summed E-state index contributed by atoms with van der Waals surface area (Å²) in [5.74, 6) is -0.610. The van der Waals surface area contributed by atoms with Gasteiger partial charge in [-0.2, -0.15) is 0 Å². The normalized spacial score (nSPS) is 19.7. The Labute approximate surface area is 122 Å². The molecule has 6 heteroatoms. The molecule has 1 aromatic heterocycles. The number of piperazine rings is 1. The maximum absolute atomic E-state index is 11.0. The molecule has 1 saturated heterocycles. The average molecular weight is 287 g/mol. The summed E-state index contributed by atoms with van der Waals surface area (Å²) in [5.41, 5.74) is 1.79. The lowest BCUT2D eigenvalue weighted by Gasteiger charge is -2.31. The summed E-state index contributed by atoms with van der Waals surface area (Å²) in [5, 5.41) is 22.4. The number of hydrogen-bond acceptors (Lipinski definition) is 5. The van der Waals surface area contributed by atoms with E-state index in [9.17, 15) is 9.90 Å². The van der Waals surface area contributed by atoms with Crippen molar-refractivity contribution < 1.29 is 15.0 Å². The molecule has 1 aromatic carbocycles. The van der Waals surface area contributed by atoms with Gasteiger partial charge in [0, 0.05) is 43.8 Å². The number of aromatic hydroxyl groups is 1. The molecule has 0 saturated carbocycles. The summed E-state index contributed by atoms with van der Waals surface area (Å²) in [7, 11) is 0. The number of hydrogen-bond donors (Lipinski definition) is 3. The molecule has 2 heterocycles. The van der Waals surface area contributed by atoms with Gasteiger partial charge in [0.25, 0.3) is 0 Å². The molecular formula is C15H17N3O3. The zero-order chi connectivity index (χ0) is 14.8. The summed E-state index contributed by atoms with van der Waals surface area (Å²) < 4.78 is 0. The molecule has 1 aliphatic rings. The lowest BCUT2D eigenvalue weighted by molar-refractivity contribution is -0.140. The second-order valence-electron chi connectivity index (χ2n) is 5.30. The Balaban J connectivity index is 1.75. The fraction of sp³-hybridized carbons (Fsp3) is 0.333. The zero-order valence-electron chi connectivity index (χ0n) is 11.5. The SMILES string of the molecule is O=C(O)C1CN(Cc2cnc3cc(O)ccc3c2)CCN1. The van der Waals surface area contributed by atoms with Gasteiger partial charge in [-0.15, -0.1) is 0 Å². The van der Waals surface area contributed by atoms with Crippen LogP contribution in [0.2, 0.25) is 0 Å². The average Bonchev–Trinajstić information content (AvgIpc) is 2.48. The molecule has 0 bridgehead atoms. The van der Waals surface area contributed by atoms with Crippen molar-refractivity contribution in [2.45, 2.75) is 12.6 Å². The van der Waals surface area contributed by atoms with Crippen LogP contribution in [-0.4, -0.2) is 51.7 Å². The van der Waals surface area contributed by atoms with Crippen LogP contribution in [0.1, 0.15) is 5.56 Å². The van der Waals surface area contributed by atoms with Gasteiger partial charge in [0.1, 0.15) is 11.8 Å². The van der Waals surface area contributed by atoms with Gasteiger partial charge in [0.05, 0.1) is 5.52 Å². The Morgan fingerprint density at radius 1 is 1.43 bits per heavy atom. The van der Waals surface area contributed by atoms with E-state index in [1.54, 1.807) is 18.3 Å². The van der Waals surface area contributed by atoms with Crippen molar-refractivity contribution in [3.63, 3.8) is 0 Å². The molecule has 0 radical (unpaired) electrons. The standard InChI is InChI=1S/C15H17N3O3/c19-12-2-1-11-5-10(7-17-13(11)6-12)8-18-4-3-16-14(9-18)15(20)21/h1-2,5-7,14,16,19H,3-4,8-9H2,(H,20,21). The summed E-state index contributed by atoms with van der Waals surface area (Å²) in [4.78, 5) is 17.5. The van der Waals surface area contributed by atoms with Crippen LogP contribution < -0.4 is 5.32 Å². The number of fused-ring (bicyclic) bond motifs is 1. The van der Waals surface area contributed by atoms with E-state index in [0.717, 1.165) is 23.0 Å². The van der Waals surface area contributed by atoms with Crippen molar-refractivity contribution in [3.8, 4) is 5.75 Å². The van der Waals surface area contributed by atoms with Gasteiger partial charge in [-0.25, -0.2) is 0 Å². The second-order valence-corrected chi connectivity index (χ2v) is 5.30. The number of carboxylic acids is 1. The van der Waals surface area contributed by atoms with Gasteiger partial charge in [-0.1, -0.05) is 0 Å². The van der Waals surface area contributed by atoms with Crippen molar-refractivity contribution in [2.24, 2.45) is 0 Å². The minimum Gasteiger partial charge on any atom is -0.508 e. The number of phenols is 1. The van der Waals surface area contributed by atoms with Crippen molar-refractivity contribution in [2.75, 3.05) is 19.6 Å². The van der Waals surface area contributed by atoms with Crippen LogP contribution in [0.5, 0.6) is 5.75 Å². The molecule has 1 aliphatic heterocycles. The Hall–Kier alpha value is -2.18. The van der Waals surface area contributed by atoms with Gasteiger partial charge in [-0.3, -0.25) is 14.7 Å². The summed E-state index contributed by atoms with van der Waals surface area (Å²) in [6.45, 7) is 2.65. The zero-order valence-corrected chi connectivity index (χ0v) is 11.5. The molecule has 0 amide bonds. The number of nitrogens with zero attached hydrogens (tertiary/aromatic N) is 2. The Morgan fingerprint density at radius 3 is 3.10 bits per heavy atom. The maximum Gasteiger partial charge on any atom is 0.322 e. The van der Waals surface area contributed by atoms with E-state index in [1.807, 2.05) is 12.1 Å². The van der Waals surface area contributed by atoms with Gasteiger partial charge in [0.15, 0.2) is 0 Å². The van der Waals surface area contributed by atoms with Crippen LogP contribution in [0.25, 0.3) is 10.9 Å². The Bertz CT molecular complexity index is 674. The van der Waals surface area contributed by atoms with Gasteiger partial charge < -0.3 is 15.5 Å². The molecule has 110 valence electrons. The predicted octanol–water partition coefficient (Wildman–Crippen LogP) is 0.799. The number of phenolic OH excluding ortho intramolecular Hbond substituents is 1. The smallest absolute Gasteiger partial charge is 0.322 e. The first-order chi connectivity index (χ1) is 10.1. The largest absolute Gasteiger partial charge is 0.508 e. The van der Waals surface area contributed by atoms with Gasteiger partial charge in [-0.05, 0) is 23.8 Å². The van der Waals surface area contributed by atoms with Crippen LogP contribution in [0.3, 0.4) is 0 Å². The molecule has 3 N–H and O–H groups in total. The van der Waals surface area contributed by atoms with E-state index in [1.165, 1.54) is 0 Å². The fourth-order valence-corrected chi connectivity index (χ4v) is 2.62. The first kappa shape index (κ1) is 13.8. The molecule has 1 unspecified atom stereocenters. The maximum atomic E-state index is 11.0. The highest BCUT2D eigenvalue weighted by Gasteiger charge is 2.24. The van der Waals surface area contributed by atoms with Gasteiger partial charge in [0.2, 0.25) is 0 Å². The van der Waals surface area contributed by atoms with E-state index < -0.39 is 12.0 Å². The Kier molecular flexibility index (Phi) is 3.72. The first-order valence-corrected chi connectivity index (χ1v) is 6.88. The first-order valence-electron chi connectivity index (χ1n) is 6.88. The fourth-order valence-electron chi connectivity index (χ4n) is 2.62. The minimum atomic E-state index is -0.813. The monoisotopic (exact) mass is 287 g/mol.